The highest BCUT2D eigenvalue weighted by Gasteiger charge is 2.44. The molecule has 114 valence electrons. The Morgan fingerprint density at radius 1 is 1.24 bits per heavy atom. The van der Waals surface area contributed by atoms with Gasteiger partial charge in [-0.3, -0.25) is 0 Å². The molecule has 2 rings (SSSR count). The molecule has 1 heterocycles. The van der Waals surface area contributed by atoms with Gasteiger partial charge in [-0.15, -0.1) is 0 Å². The van der Waals surface area contributed by atoms with E-state index in [1.165, 1.54) is 6.33 Å². The fraction of sp³-hybridized carbons (Fsp3) is 0.500. The van der Waals surface area contributed by atoms with E-state index in [1.54, 1.807) is 11.0 Å². The molecule has 4 nitrogen and oxygen atoms in total. The number of benzene rings is 1. The minimum absolute atomic E-state index is 0.312. The van der Waals surface area contributed by atoms with Crippen molar-refractivity contribution in [1.82, 2.24) is 14.8 Å². The lowest BCUT2D eigenvalue weighted by molar-refractivity contribution is -0.152. The molecule has 0 saturated heterocycles. The molecule has 0 saturated carbocycles. The minimum atomic E-state index is -1.07. The molecule has 0 amide bonds. The maximum atomic E-state index is 11.2. The van der Waals surface area contributed by atoms with E-state index < -0.39 is 5.72 Å². The fourth-order valence-corrected chi connectivity index (χ4v) is 2.54. The van der Waals surface area contributed by atoms with Crippen LogP contribution in [0.5, 0.6) is 0 Å². The average Bonchev–Trinajstić information content (AvgIpc) is 3.00. The SMILES string of the molecule is CCC(C)(C)C(O)(CCc1ccc(Cl)cc1)n1cncn1. The molecule has 1 aromatic heterocycles. The van der Waals surface area contributed by atoms with Crippen LogP contribution in [0.4, 0.5) is 0 Å². The molecule has 1 unspecified atom stereocenters. The van der Waals surface area contributed by atoms with E-state index in [4.69, 9.17) is 11.6 Å². The molecule has 0 aliphatic rings. The molecular weight excluding hydrogens is 286 g/mol. The van der Waals surface area contributed by atoms with Gasteiger partial charge in [0.2, 0.25) is 0 Å². The lowest BCUT2D eigenvalue weighted by Gasteiger charge is -2.42. The summed E-state index contributed by atoms with van der Waals surface area (Å²) in [7, 11) is 0. The Labute approximate surface area is 130 Å². The van der Waals surface area contributed by atoms with Crippen molar-refractivity contribution in [3.05, 3.63) is 47.5 Å². The smallest absolute Gasteiger partial charge is 0.164 e. The molecule has 21 heavy (non-hydrogen) atoms. The van der Waals surface area contributed by atoms with Crippen molar-refractivity contribution in [2.75, 3.05) is 0 Å². The summed E-state index contributed by atoms with van der Waals surface area (Å²) in [5.41, 5.74) is -0.241. The Morgan fingerprint density at radius 2 is 1.90 bits per heavy atom. The Balaban J connectivity index is 2.23. The molecule has 0 radical (unpaired) electrons. The molecule has 0 spiro atoms. The van der Waals surface area contributed by atoms with Crippen LogP contribution in [0, 0.1) is 5.41 Å². The molecule has 0 aliphatic heterocycles. The van der Waals surface area contributed by atoms with E-state index in [9.17, 15) is 5.11 Å². The number of aromatic nitrogens is 3. The summed E-state index contributed by atoms with van der Waals surface area (Å²) in [6.07, 6.45) is 5.19. The highest BCUT2D eigenvalue weighted by Crippen LogP contribution is 2.40. The summed E-state index contributed by atoms with van der Waals surface area (Å²) in [6, 6.07) is 7.72. The number of hydrogen-bond acceptors (Lipinski definition) is 3. The molecule has 0 bridgehead atoms. The van der Waals surface area contributed by atoms with Crippen LogP contribution in [-0.2, 0) is 12.1 Å². The van der Waals surface area contributed by atoms with Crippen molar-refractivity contribution >= 4 is 11.6 Å². The second-order valence-corrected chi connectivity index (χ2v) is 6.46. The monoisotopic (exact) mass is 307 g/mol. The summed E-state index contributed by atoms with van der Waals surface area (Å²) < 4.78 is 1.58. The van der Waals surface area contributed by atoms with Gasteiger partial charge in [-0.2, -0.15) is 5.10 Å². The first-order valence-electron chi connectivity index (χ1n) is 7.21. The van der Waals surface area contributed by atoms with Gasteiger partial charge in [0.05, 0.1) is 0 Å². The zero-order valence-corrected chi connectivity index (χ0v) is 13.5. The van der Waals surface area contributed by atoms with Gasteiger partial charge < -0.3 is 5.11 Å². The second-order valence-electron chi connectivity index (χ2n) is 6.02. The van der Waals surface area contributed by atoms with Crippen LogP contribution < -0.4 is 0 Å². The maximum Gasteiger partial charge on any atom is 0.164 e. The molecule has 0 aliphatic carbocycles. The molecule has 2 aromatic rings. The third kappa shape index (κ3) is 3.27. The van der Waals surface area contributed by atoms with Gasteiger partial charge in [-0.1, -0.05) is 44.5 Å². The zero-order chi connectivity index (χ0) is 15.5. The van der Waals surface area contributed by atoms with Crippen molar-refractivity contribution in [2.45, 2.75) is 45.8 Å². The van der Waals surface area contributed by atoms with E-state index in [0.29, 0.717) is 6.42 Å². The van der Waals surface area contributed by atoms with Crippen molar-refractivity contribution in [3.63, 3.8) is 0 Å². The molecule has 0 fully saturated rings. The van der Waals surface area contributed by atoms with E-state index in [-0.39, 0.29) is 5.41 Å². The lowest BCUT2D eigenvalue weighted by Crippen LogP contribution is -2.47. The first-order valence-corrected chi connectivity index (χ1v) is 7.59. The van der Waals surface area contributed by atoms with Gasteiger partial charge >= 0.3 is 0 Å². The molecule has 1 aromatic carbocycles. The van der Waals surface area contributed by atoms with Crippen LogP contribution in [0.2, 0.25) is 5.02 Å². The summed E-state index contributed by atoms with van der Waals surface area (Å²) in [4.78, 5) is 3.98. The van der Waals surface area contributed by atoms with E-state index >= 15 is 0 Å². The summed E-state index contributed by atoms with van der Waals surface area (Å²) in [5, 5.41) is 16.1. The highest BCUT2D eigenvalue weighted by molar-refractivity contribution is 6.30. The fourth-order valence-electron chi connectivity index (χ4n) is 2.42. The van der Waals surface area contributed by atoms with Gasteiger partial charge in [0, 0.05) is 16.9 Å². The Kier molecular flexibility index (Phi) is 4.69. The highest BCUT2D eigenvalue weighted by atomic mass is 35.5. The van der Waals surface area contributed by atoms with Crippen molar-refractivity contribution < 1.29 is 5.11 Å². The average molecular weight is 308 g/mol. The van der Waals surface area contributed by atoms with Crippen LogP contribution in [-0.4, -0.2) is 19.9 Å². The van der Waals surface area contributed by atoms with E-state index in [0.717, 1.165) is 23.4 Å². The summed E-state index contributed by atoms with van der Waals surface area (Å²) in [6.45, 7) is 6.18. The van der Waals surface area contributed by atoms with Crippen molar-refractivity contribution in [1.29, 1.82) is 0 Å². The van der Waals surface area contributed by atoms with E-state index in [1.807, 2.05) is 24.3 Å². The Hall–Kier alpha value is -1.39. The Bertz CT molecular complexity index is 566. The zero-order valence-electron chi connectivity index (χ0n) is 12.8. The molecule has 1 N–H and O–H groups in total. The largest absolute Gasteiger partial charge is 0.368 e. The van der Waals surface area contributed by atoms with Gasteiger partial charge in [0.15, 0.2) is 5.72 Å². The number of hydrogen-bond donors (Lipinski definition) is 1. The van der Waals surface area contributed by atoms with Crippen LogP contribution in [0.1, 0.15) is 39.2 Å². The third-order valence-electron chi connectivity index (χ3n) is 4.44. The predicted octanol–water partition coefficient (Wildman–Crippen LogP) is 3.65. The second kappa shape index (κ2) is 6.16. The first kappa shape index (κ1) is 16.0. The predicted molar refractivity (Wildman–Crippen MR) is 84.1 cm³/mol. The van der Waals surface area contributed by atoms with Crippen LogP contribution in [0.15, 0.2) is 36.9 Å². The number of aliphatic hydroxyl groups is 1. The number of rotatable bonds is 6. The van der Waals surface area contributed by atoms with E-state index in [2.05, 4.69) is 30.9 Å². The third-order valence-corrected chi connectivity index (χ3v) is 4.69. The maximum absolute atomic E-state index is 11.2. The quantitative estimate of drug-likeness (QED) is 0.886. The van der Waals surface area contributed by atoms with Gasteiger partial charge in [-0.05, 0) is 30.5 Å². The lowest BCUT2D eigenvalue weighted by atomic mass is 9.76. The first-order chi connectivity index (χ1) is 9.89. The molecular formula is C16H22ClN3O. The van der Waals surface area contributed by atoms with Crippen LogP contribution in [0.25, 0.3) is 0 Å². The van der Waals surface area contributed by atoms with Crippen LogP contribution >= 0.6 is 11.6 Å². The van der Waals surface area contributed by atoms with Gasteiger partial charge in [0.1, 0.15) is 12.7 Å². The summed E-state index contributed by atoms with van der Waals surface area (Å²) in [5.74, 6) is 0. The number of aryl methyl sites for hydroxylation is 1. The summed E-state index contributed by atoms with van der Waals surface area (Å²) >= 11 is 5.91. The van der Waals surface area contributed by atoms with Crippen molar-refractivity contribution in [3.8, 4) is 0 Å². The number of nitrogens with zero attached hydrogens (tertiary/aromatic N) is 3. The topological polar surface area (TPSA) is 50.9 Å². The molecule has 5 heteroatoms. The Morgan fingerprint density at radius 3 is 2.43 bits per heavy atom. The van der Waals surface area contributed by atoms with Gasteiger partial charge in [0.25, 0.3) is 0 Å². The number of halogens is 1. The normalized spacial score (nSPS) is 14.9. The van der Waals surface area contributed by atoms with Gasteiger partial charge in [-0.25, -0.2) is 9.67 Å². The standard InChI is InChI=1S/C16H22ClN3O/c1-4-15(2,3)16(21,20-12-18-11-19-20)10-9-13-5-7-14(17)8-6-13/h5-8,11-12,21H,4,9-10H2,1-3H3. The van der Waals surface area contributed by atoms with Crippen LogP contribution in [0.3, 0.4) is 0 Å². The molecule has 1 atom stereocenters. The van der Waals surface area contributed by atoms with Crippen molar-refractivity contribution in [2.24, 2.45) is 5.41 Å². The minimum Gasteiger partial charge on any atom is -0.368 e.